The molecule has 0 aromatic heterocycles. The van der Waals surface area contributed by atoms with E-state index in [4.69, 9.17) is 19.9 Å². The molecule has 0 spiro atoms. The van der Waals surface area contributed by atoms with Gasteiger partial charge in [0.25, 0.3) is 5.91 Å². The highest BCUT2D eigenvalue weighted by atomic mass is 16.5. The number of hydrogen-bond acceptors (Lipinski definition) is 8. The molecule has 3 N–H and O–H groups in total. The monoisotopic (exact) mass is 516 g/mol. The highest BCUT2D eigenvalue weighted by Crippen LogP contribution is 2.51. The lowest BCUT2D eigenvalue weighted by Crippen LogP contribution is -2.49. The van der Waals surface area contributed by atoms with Crippen molar-refractivity contribution >= 4 is 11.7 Å². The fraction of sp³-hybridized carbons (Fsp3) is 0.345. The van der Waals surface area contributed by atoms with E-state index in [9.17, 15) is 14.9 Å². The number of Topliss-reactive ketones (excluding diaryl/α,β-unsaturated/α-hetero) is 1. The summed E-state index contributed by atoms with van der Waals surface area (Å²) in [6.07, 6.45) is 0.726. The van der Waals surface area contributed by atoms with Gasteiger partial charge in [0.05, 0.1) is 44.6 Å². The minimum absolute atomic E-state index is 0.0408. The summed E-state index contributed by atoms with van der Waals surface area (Å²) in [6.45, 7) is 5.91. The number of carbonyl (C=O) groups excluding carboxylic acids is 2. The fourth-order valence-corrected chi connectivity index (χ4v) is 5.10. The van der Waals surface area contributed by atoms with Gasteiger partial charge in [0, 0.05) is 29.2 Å². The van der Waals surface area contributed by atoms with E-state index in [1.165, 1.54) is 26.3 Å². The zero-order valence-corrected chi connectivity index (χ0v) is 22.5. The number of nitrogens with two attached hydrogens (primary N) is 1. The minimum Gasteiger partial charge on any atom is -0.496 e. The van der Waals surface area contributed by atoms with E-state index in [1.807, 2.05) is 32.9 Å². The number of nitrogens with zero attached hydrogens (tertiary/aromatic N) is 2. The molecule has 9 nitrogen and oxygen atoms in total. The highest BCUT2D eigenvalue weighted by molar-refractivity contribution is 6.01. The summed E-state index contributed by atoms with van der Waals surface area (Å²) in [7, 11) is 4.52. The van der Waals surface area contributed by atoms with Crippen LogP contribution in [0.15, 0.2) is 59.1 Å². The quantitative estimate of drug-likeness (QED) is 0.588. The van der Waals surface area contributed by atoms with E-state index in [2.05, 4.69) is 11.5 Å². The normalized spacial score (nSPS) is 18.5. The molecule has 1 unspecified atom stereocenters. The molecule has 1 atom stereocenters. The molecule has 2 aromatic rings. The van der Waals surface area contributed by atoms with Crippen LogP contribution in [0.5, 0.6) is 17.2 Å². The van der Waals surface area contributed by atoms with Crippen LogP contribution in [-0.4, -0.2) is 38.0 Å². The molecule has 9 heteroatoms. The maximum atomic E-state index is 13.7. The second-order valence-electron chi connectivity index (χ2n) is 10.2. The Kier molecular flexibility index (Phi) is 7.09. The lowest BCUT2D eigenvalue weighted by atomic mass is 9.69. The SMILES string of the molecule is COc1cc(OC)c(C2C(C#N)=C(N)N(NC(=O)c3ccc(C)cc3)C3=C2C(=O)CC(C)(C)C3)cc1OC. The van der Waals surface area contributed by atoms with E-state index in [0.29, 0.717) is 46.1 Å². The number of carbonyl (C=O) groups is 2. The lowest BCUT2D eigenvalue weighted by Gasteiger charge is -2.43. The first-order valence-electron chi connectivity index (χ1n) is 12.2. The molecule has 198 valence electrons. The molecule has 0 saturated carbocycles. The molecule has 0 bridgehead atoms. The first kappa shape index (κ1) is 26.6. The number of ketones is 1. The van der Waals surface area contributed by atoms with Gasteiger partial charge in [-0.2, -0.15) is 5.26 Å². The highest BCUT2D eigenvalue weighted by Gasteiger charge is 2.46. The van der Waals surface area contributed by atoms with Crippen molar-refractivity contribution in [2.24, 2.45) is 11.1 Å². The predicted molar refractivity (Wildman–Crippen MR) is 141 cm³/mol. The van der Waals surface area contributed by atoms with Crippen LogP contribution in [0, 0.1) is 23.7 Å². The number of nitrogens with one attached hydrogen (secondary N) is 1. The van der Waals surface area contributed by atoms with Crippen LogP contribution >= 0.6 is 0 Å². The van der Waals surface area contributed by atoms with Crippen LogP contribution in [-0.2, 0) is 4.79 Å². The molecule has 2 aliphatic rings. The average molecular weight is 517 g/mol. The third-order valence-corrected chi connectivity index (χ3v) is 6.95. The van der Waals surface area contributed by atoms with Gasteiger partial charge in [-0.1, -0.05) is 31.5 Å². The first-order chi connectivity index (χ1) is 18.0. The summed E-state index contributed by atoms with van der Waals surface area (Å²) < 4.78 is 16.6. The van der Waals surface area contributed by atoms with Gasteiger partial charge in [-0.05, 0) is 37.0 Å². The zero-order chi connectivity index (χ0) is 27.8. The molecule has 1 amide bonds. The topological polar surface area (TPSA) is 127 Å². The van der Waals surface area contributed by atoms with Gasteiger partial charge in [-0.3, -0.25) is 15.0 Å². The third-order valence-electron chi connectivity index (χ3n) is 6.95. The first-order valence-corrected chi connectivity index (χ1v) is 12.2. The number of amides is 1. The molecule has 2 aromatic carbocycles. The summed E-state index contributed by atoms with van der Waals surface area (Å²) >= 11 is 0. The number of allylic oxidation sites excluding steroid dienone is 3. The zero-order valence-electron chi connectivity index (χ0n) is 22.5. The summed E-state index contributed by atoms with van der Waals surface area (Å²) in [5.74, 6) is -0.0468. The molecule has 0 fully saturated rings. The number of nitriles is 1. The molecular weight excluding hydrogens is 484 g/mol. The van der Waals surface area contributed by atoms with Gasteiger partial charge in [-0.15, -0.1) is 0 Å². The van der Waals surface area contributed by atoms with E-state index < -0.39 is 11.8 Å². The van der Waals surface area contributed by atoms with Crippen molar-refractivity contribution < 1.29 is 23.8 Å². The molecule has 4 rings (SSSR count). The maximum Gasteiger partial charge on any atom is 0.270 e. The van der Waals surface area contributed by atoms with Crippen molar-refractivity contribution in [2.45, 2.75) is 39.5 Å². The van der Waals surface area contributed by atoms with Gasteiger partial charge in [-0.25, -0.2) is 5.01 Å². The van der Waals surface area contributed by atoms with Gasteiger partial charge >= 0.3 is 0 Å². The van der Waals surface area contributed by atoms with Crippen molar-refractivity contribution in [3.05, 3.63) is 75.8 Å². The number of benzene rings is 2. The van der Waals surface area contributed by atoms with Crippen molar-refractivity contribution in [1.29, 1.82) is 5.26 Å². The largest absolute Gasteiger partial charge is 0.496 e. The van der Waals surface area contributed by atoms with Gasteiger partial charge in [0.2, 0.25) is 0 Å². The van der Waals surface area contributed by atoms with Crippen LogP contribution in [0.25, 0.3) is 0 Å². The minimum atomic E-state index is -0.819. The molecular formula is C29H32N4O5. The Bertz CT molecular complexity index is 1400. The summed E-state index contributed by atoms with van der Waals surface area (Å²) in [5.41, 5.74) is 12.1. The Balaban J connectivity index is 1.92. The van der Waals surface area contributed by atoms with E-state index in [-0.39, 0.29) is 29.0 Å². The van der Waals surface area contributed by atoms with Crippen LogP contribution in [0.4, 0.5) is 0 Å². The van der Waals surface area contributed by atoms with Crippen molar-refractivity contribution in [2.75, 3.05) is 21.3 Å². The number of aryl methyl sites for hydroxylation is 1. The molecule has 38 heavy (non-hydrogen) atoms. The second kappa shape index (κ2) is 10.1. The summed E-state index contributed by atoms with van der Waals surface area (Å²) in [5, 5.41) is 11.7. The Labute approximate surface area is 222 Å². The summed E-state index contributed by atoms with van der Waals surface area (Å²) in [6, 6.07) is 12.6. The van der Waals surface area contributed by atoms with Crippen molar-refractivity contribution in [3.8, 4) is 23.3 Å². The molecule has 0 radical (unpaired) electrons. The van der Waals surface area contributed by atoms with E-state index in [0.717, 1.165) is 5.56 Å². The van der Waals surface area contributed by atoms with Crippen molar-refractivity contribution in [1.82, 2.24) is 10.4 Å². The Morgan fingerprint density at radius 3 is 2.24 bits per heavy atom. The molecule has 1 aliphatic heterocycles. The number of hydrogen-bond donors (Lipinski definition) is 2. The fourth-order valence-electron chi connectivity index (χ4n) is 5.10. The molecule has 1 heterocycles. The third kappa shape index (κ3) is 4.65. The van der Waals surface area contributed by atoms with E-state index in [1.54, 1.807) is 24.3 Å². The maximum absolute atomic E-state index is 13.7. The molecule has 1 aliphatic carbocycles. The van der Waals surface area contributed by atoms with Gasteiger partial charge in [0.1, 0.15) is 11.6 Å². The second-order valence-corrected chi connectivity index (χ2v) is 10.2. The van der Waals surface area contributed by atoms with Gasteiger partial charge in [0.15, 0.2) is 17.3 Å². The summed E-state index contributed by atoms with van der Waals surface area (Å²) in [4.78, 5) is 27.0. The number of hydrazine groups is 1. The lowest BCUT2D eigenvalue weighted by molar-refractivity contribution is -0.118. The van der Waals surface area contributed by atoms with E-state index >= 15 is 0 Å². The molecule has 0 saturated heterocycles. The van der Waals surface area contributed by atoms with Crippen LogP contribution in [0.3, 0.4) is 0 Å². The predicted octanol–water partition coefficient (Wildman–Crippen LogP) is 4.10. The Hall–Kier alpha value is -4.45. The average Bonchev–Trinajstić information content (AvgIpc) is 2.88. The van der Waals surface area contributed by atoms with Crippen LogP contribution < -0.4 is 25.4 Å². The Morgan fingerprint density at radius 2 is 1.66 bits per heavy atom. The van der Waals surface area contributed by atoms with Crippen LogP contribution in [0.2, 0.25) is 0 Å². The Morgan fingerprint density at radius 1 is 1.05 bits per heavy atom. The number of rotatable bonds is 6. The van der Waals surface area contributed by atoms with Crippen molar-refractivity contribution in [3.63, 3.8) is 0 Å². The van der Waals surface area contributed by atoms with Crippen LogP contribution in [0.1, 0.15) is 54.1 Å². The number of methoxy groups -OCH3 is 3. The van der Waals surface area contributed by atoms with Gasteiger partial charge < -0.3 is 19.9 Å². The standard InChI is InChI=1S/C29H32N4O5/c1-16-7-9-17(10-8-16)28(35)32-33-20-13-29(2,3)14-21(34)26(20)25(19(15-30)27(33)31)18-11-23(37-5)24(38-6)12-22(18)36-4/h7-12,25H,13-14,31H2,1-6H3,(H,32,35). The number of ether oxygens (including phenoxy) is 3. The smallest absolute Gasteiger partial charge is 0.270 e.